The van der Waals surface area contributed by atoms with Gasteiger partial charge in [0.05, 0.1) is 0 Å². The molecule has 0 aliphatic carbocycles. The molecule has 0 aliphatic rings. The number of hydrogen-bond acceptors (Lipinski definition) is 3. The molecule has 3 nitrogen and oxygen atoms in total. The molecule has 0 amide bonds. The molecule has 0 saturated heterocycles. The Balaban J connectivity index is 3.56. The predicted molar refractivity (Wildman–Crippen MR) is 41.0 cm³/mol. The van der Waals surface area contributed by atoms with Crippen LogP contribution in [0.1, 0.15) is 19.8 Å². The van der Waals surface area contributed by atoms with Gasteiger partial charge in [0.15, 0.2) is 0 Å². The van der Waals surface area contributed by atoms with E-state index >= 15 is 0 Å². The Bertz CT molecular complexity index is 122. The van der Waals surface area contributed by atoms with E-state index in [1.54, 1.807) is 13.2 Å². The second kappa shape index (κ2) is 3.83. The van der Waals surface area contributed by atoms with E-state index < -0.39 is 10.9 Å². The number of hydrogen-bond donors (Lipinski definition) is 2. The summed E-state index contributed by atoms with van der Waals surface area (Å²) in [5, 5.41) is 17.5. The van der Waals surface area contributed by atoms with E-state index in [-0.39, 0.29) is 6.42 Å². The van der Waals surface area contributed by atoms with Gasteiger partial charge in [0, 0.05) is 6.42 Å². The molecule has 0 fully saturated rings. The smallest absolute Gasteiger partial charge is 0.303 e. The lowest BCUT2D eigenvalue weighted by atomic mass is 10.2. The summed E-state index contributed by atoms with van der Waals surface area (Å²) in [6.45, 7) is 1.61. The molecule has 0 radical (unpaired) electrons. The second-order valence-corrected chi connectivity index (χ2v) is 3.56. The first-order chi connectivity index (χ1) is 4.48. The number of carbonyl (C=O) groups is 1. The fourth-order valence-electron chi connectivity index (χ4n) is 0.441. The molecule has 0 rings (SSSR count). The van der Waals surface area contributed by atoms with Crippen LogP contribution < -0.4 is 0 Å². The Morgan fingerprint density at radius 1 is 1.70 bits per heavy atom. The first kappa shape index (κ1) is 9.78. The first-order valence-electron chi connectivity index (χ1n) is 2.97. The van der Waals surface area contributed by atoms with E-state index in [4.69, 9.17) is 5.11 Å². The molecular formula is C6H12O3S. The van der Waals surface area contributed by atoms with E-state index in [1.165, 1.54) is 11.8 Å². The Hall–Kier alpha value is -0.220. The Morgan fingerprint density at radius 3 is 2.50 bits per heavy atom. The van der Waals surface area contributed by atoms with Gasteiger partial charge in [-0.05, 0) is 19.6 Å². The van der Waals surface area contributed by atoms with Crippen molar-refractivity contribution in [1.29, 1.82) is 0 Å². The molecule has 0 saturated carbocycles. The fraction of sp³-hybridized carbons (Fsp3) is 0.833. The highest BCUT2D eigenvalue weighted by Gasteiger charge is 2.18. The Labute approximate surface area is 64.4 Å². The summed E-state index contributed by atoms with van der Waals surface area (Å²) in [5.41, 5.74) is 0. The van der Waals surface area contributed by atoms with E-state index in [2.05, 4.69) is 0 Å². The van der Waals surface area contributed by atoms with Gasteiger partial charge in [-0.2, -0.15) is 0 Å². The minimum Gasteiger partial charge on any atom is -0.481 e. The average molecular weight is 164 g/mol. The van der Waals surface area contributed by atoms with Crippen LogP contribution >= 0.6 is 11.8 Å². The van der Waals surface area contributed by atoms with E-state index in [0.717, 1.165) is 0 Å². The number of aliphatic carboxylic acids is 1. The van der Waals surface area contributed by atoms with Crippen LogP contribution in [0.3, 0.4) is 0 Å². The van der Waals surface area contributed by atoms with Crippen LogP contribution in [0, 0.1) is 0 Å². The highest BCUT2D eigenvalue weighted by molar-refractivity contribution is 7.99. The molecule has 10 heavy (non-hydrogen) atoms. The monoisotopic (exact) mass is 164 g/mol. The van der Waals surface area contributed by atoms with Crippen molar-refractivity contribution in [2.75, 3.05) is 6.26 Å². The minimum absolute atomic E-state index is 0.0217. The topological polar surface area (TPSA) is 57.5 Å². The van der Waals surface area contributed by atoms with Gasteiger partial charge in [-0.15, -0.1) is 11.8 Å². The van der Waals surface area contributed by atoms with Gasteiger partial charge in [-0.25, -0.2) is 0 Å². The number of rotatable bonds is 4. The standard InChI is InChI=1S/C6H12O3S/c1-6(9,10-2)4-3-5(7)8/h9H,3-4H2,1-2H3,(H,7,8). The lowest BCUT2D eigenvalue weighted by Crippen LogP contribution is -2.19. The van der Waals surface area contributed by atoms with E-state index in [1.807, 2.05) is 0 Å². The summed E-state index contributed by atoms with van der Waals surface area (Å²) in [6, 6.07) is 0. The molecule has 1 atom stereocenters. The van der Waals surface area contributed by atoms with Gasteiger partial charge in [-0.3, -0.25) is 4.79 Å². The molecule has 0 aromatic rings. The number of carboxylic acids is 1. The maximum Gasteiger partial charge on any atom is 0.303 e. The van der Waals surface area contributed by atoms with Crippen molar-refractivity contribution in [1.82, 2.24) is 0 Å². The zero-order valence-electron chi connectivity index (χ0n) is 6.13. The molecule has 2 N–H and O–H groups in total. The highest BCUT2D eigenvalue weighted by atomic mass is 32.2. The van der Waals surface area contributed by atoms with Gasteiger partial charge in [0.2, 0.25) is 0 Å². The average Bonchev–Trinajstić information content (AvgIpc) is 1.85. The predicted octanol–water partition coefficient (Wildman–Crippen LogP) is 0.923. The van der Waals surface area contributed by atoms with Crippen molar-refractivity contribution in [3.63, 3.8) is 0 Å². The summed E-state index contributed by atoms with van der Waals surface area (Å²) in [5.74, 6) is -0.866. The molecule has 0 heterocycles. The molecule has 0 aliphatic heterocycles. The van der Waals surface area contributed by atoms with Crippen molar-refractivity contribution < 1.29 is 15.0 Å². The molecule has 1 unspecified atom stereocenters. The third kappa shape index (κ3) is 4.64. The van der Waals surface area contributed by atoms with Crippen LogP contribution in [0.2, 0.25) is 0 Å². The molecule has 60 valence electrons. The van der Waals surface area contributed by atoms with Gasteiger partial charge in [0.25, 0.3) is 0 Å². The van der Waals surface area contributed by atoms with Crippen LogP contribution in [0.15, 0.2) is 0 Å². The van der Waals surface area contributed by atoms with Gasteiger partial charge < -0.3 is 10.2 Å². The molecule has 0 spiro atoms. The highest BCUT2D eigenvalue weighted by Crippen LogP contribution is 2.23. The maximum atomic E-state index is 10.0. The lowest BCUT2D eigenvalue weighted by molar-refractivity contribution is -0.137. The minimum atomic E-state index is -0.890. The molecule has 0 aromatic carbocycles. The fourth-order valence-corrected chi connectivity index (χ4v) is 0.747. The summed E-state index contributed by atoms with van der Waals surface area (Å²) < 4.78 is 0. The number of thioether (sulfide) groups is 1. The van der Waals surface area contributed by atoms with E-state index in [9.17, 15) is 9.90 Å². The first-order valence-corrected chi connectivity index (χ1v) is 4.20. The maximum absolute atomic E-state index is 10.0. The Kier molecular flexibility index (Phi) is 3.75. The SMILES string of the molecule is CSC(C)(O)CCC(=O)O. The summed E-state index contributed by atoms with van der Waals surface area (Å²) >= 11 is 1.26. The molecule has 0 bridgehead atoms. The molecule has 4 heteroatoms. The Morgan fingerprint density at radius 2 is 2.20 bits per heavy atom. The van der Waals surface area contributed by atoms with Crippen LogP contribution in [-0.4, -0.2) is 27.4 Å². The van der Waals surface area contributed by atoms with Crippen LogP contribution in [-0.2, 0) is 4.79 Å². The van der Waals surface area contributed by atoms with Crippen molar-refractivity contribution in [3.8, 4) is 0 Å². The zero-order chi connectivity index (χ0) is 8.20. The van der Waals surface area contributed by atoms with E-state index in [0.29, 0.717) is 6.42 Å². The van der Waals surface area contributed by atoms with Crippen molar-refractivity contribution >= 4 is 17.7 Å². The summed E-state index contributed by atoms with van der Waals surface area (Å²) in [4.78, 5) is 9.15. The zero-order valence-corrected chi connectivity index (χ0v) is 6.94. The van der Waals surface area contributed by atoms with Crippen molar-refractivity contribution in [3.05, 3.63) is 0 Å². The molecular weight excluding hydrogens is 152 g/mol. The largest absolute Gasteiger partial charge is 0.481 e. The van der Waals surface area contributed by atoms with Gasteiger partial charge in [-0.1, -0.05) is 0 Å². The number of carboxylic acid groups (broad SMARTS) is 1. The third-order valence-electron chi connectivity index (χ3n) is 1.24. The summed E-state index contributed by atoms with van der Waals surface area (Å²) in [7, 11) is 0. The van der Waals surface area contributed by atoms with Crippen molar-refractivity contribution in [2.24, 2.45) is 0 Å². The quantitative estimate of drug-likeness (QED) is 0.607. The summed E-state index contributed by atoms with van der Waals surface area (Å²) in [6.07, 6.45) is 2.07. The van der Waals surface area contributed by atoms with Gasteiger partial charge >= 0.3 is 5.97 Å². The third-order valence-corrected chi connectivity index (χ3v) is 2.33. The normalized spacial score (nSPS) is 16.3. The van der Waals surface area contributed by atoms with Crippen LogP contribution in [0.5, 0.6) is 0 Å². The van der Waals surface area contributed by atoms with Crippen LogP contribution in [0.25, 0.3) is 0 Å². The van der Waals surface area contributed by atoms with Crippen molar-refractivity contribution in [2.45, 2.75) is 24.7 Å². The lowest BCUT2D eigenvalue weighted by Gasteiger charge is -2.18. The number of aliphatic hydroxyl groups is 1. The second-order valence-electron chi connectivity index (χ2n) is 2.27. The van der Waals surface area contributed by atoms with Crippen LogP contribution in [0.4, 0.5) is 0 Å². The molecule has 0 aromatic heterocycles. The van der Waals surface area contributed by atoms with Gasteiger partial charge in [0.1, 0.15) is 4.93 Å².